The third-order valence-electron chi connectivity index (χ3n) is 5.43. The van der Waals surface area contributed by atoms with Gasteiger partial charge >= 0.3 is 13.1 Å². The Bertz CT molecular complexity index is 443. The van der Waals surface area contributed by atoms with Gasteiger partial charge < -0.3 is 25.8 Å². The van der Waals surface area contributed by atoms with E-state index in [1.165, 1.54) is 0 Å². The van der Waals surface area contributed by atoms with Crippen LogP contribution in [0.5, 0.6) is 0 Å². The molecule has 1 saturated heterocycles. The number of aliphatic carboxylic acids is 1. The van der Waals surface area contributed by atoms with Gasteiger partial charge in [-0.2, -0.15) is 0 Å². The predicted molar refractivity (Wildman–Crippen MR) is 95.1 cm³/mol. The van der Waals surface area contributed by atoms with E-state index in [4.69, 9.17) is 15.5 Å². The maximum Gasteiger partial charge on any atom is 0.458 e. The molecule has 142 valence electrons. The molecule has 1 saturated carbocycles. The summed E-state index contributed by atoms with van der Waals surface area (Å²) >= 11 is 0. The highest BCUT2D eigenvalue weighted by Crippen LogP contribution is 2.33. The molecule has 2 aliphatic rings. The molecule has 25 heavy (non-hydrogen) atoms. The Kier molecular flexibility index (Phi) is 8.35. The highest BCUT2D eigenvalue weighted by atomic mass is 16.5. The average Bonchev–Trinajstić information content (AvgIpc) is 2.56. The molecule has 2 atom stereocenters. The van der Waals surface area contributed by atoms with Crippen molar-refractivity contribution in [3.8, 4) is 0 Å². The third-order valence-corrected chi connectivity index (χ3v) is 5.43. The van der Waals surface area contributed by atoms with Gasteiger partial charge in [0.15, 0.2) is 0 Å². The molecule has 2 fully saturated rings. The number of carbonyl (C=O) groups is 2. The van der Waals surface area contributed by atoms with Crippen molar-refractivity contribution in [2.24, 2.45) is 11.7 Å². The van der Waals surface area contributed by atoms with E-state index < -0.39 is 19.2 Å². The summed E-state index contributed by atoms with van der Waals surface area (Å²) in [6, 6.07) is 0.523. The van der Waals surface area contributed by atoms with Crippen LogP contribution in [0.2, 0.25) is 5.82 Å². The van der Waals surface area contributed by atoms with Crippen molar-refractivity contribution < 1.29 is 24.4 Å². The fourth-order valence-electron chi connectivity index (χ4n) is 4.02. The first-order valence-corrected chi connectivity index (χ1v) is 9.48. The van der Waals surface area contributed by atoms with Crippen LogP contribution < -0.4 is 11.1 Å². The number of carboxylic acids is 1. The molecule has 1 aliphatic carbocycles. The Hall–Kier alpha value is -0.955. The predicted octanol–water partition coefficient (Wildman–Crippen LogP) is 0.947. The smallest absolute Gasteiger partial charge is 0.458 e. The minimum absolute atomic E-state index is 0.0981. The van der Waals surface area contributed by atoms with Gasteiger partial charge in [0.05, 0.1) is 12.5 Å². The zero-order valence-electron chi connectivity index (χ0n) is 14.9. The van der Waals surface area contributed by atoms with E-state index in [-0.39, 0.29) is 18.0 Å². The minimum atomic E-state index is -1.03. The molecule has 0 aromatic carbocycles. The maximum atomic E-state index is 12.3. The second kappa shape index (κ2) is 10.3. The van der Waals surface area contributed by atoms with Gasteiger partial charge in [-0.25, -0.2) is 0 Å². The van der Waals surface area contributed by atoms with Gasteiger partial charge in [0.1, 0.15) is 5.78 Å². The van der Waals surface area contributed by atoms with Crippen LogP contribution in [0.15, 0.2) is 0 Å². The van der Waals surface area contributed by atoms with Crippen molar-refractivity contribution in [3.05, 3.63) is 0 Å². The summed E-state index contributed by atoms with van der Waals surface area (Å²) in [5, 5.41) is 22.3. The van der Waals surface area contributed by atoms with E-state index in [1.807, 2.05) is 0 Å². The Balaban J connectivity index is 1.66. The standard InChI is InChI=1S/C17H31BN2O5/c19-7-8-20-14-4-1-12(2-5-14)9-15(21)10-13-3-6-16(11-17(22)23)25-18(13)24/h12-14,16,20,24H,1-11,19H2,(H,22,23)/t12?,13-,14?,16-/m1/s1. The van der Waals surface area contributed by atoms with Gasteiger partial charge in [-0.3, -0.25) is 9.59 Å². The monoisotopic (exact) mass is 354 g/mol. The summed E-state index contributed by atoms with van der Waals surface area (Å²) in [7, 11) is -1.03. The summed E-state index contributed by atoms with van der Waals surface area (Å²) in [6.07, 6.45) is 5.86. The molecule has 5 N–H and O–H groups in total. The van der Waals surface area contributed by atoms with Crippen LogP contribution in [0, 0.1) is 5.92 Å². The van der Waals surface area contributed by atoms with Gasteiger partial charge in [0, 0.05) is 37.8 Å². The van der Waals surface area contributed by atoms with Crippen molar-refractivity contribution in [1.82, 2.24) is 5.32 Å². The van der Waals surface area contributed by atoms with E-state index in [1.54, 1.807) is 0 Å². The summed E-state index contributed by atoms with van der Waals surface area (Å²) in [4.78, 5) is 23.1. The molecule has 1 heterocycles. The van der Waals surface area contributed by atoms with Crippen LogP contribution in [0.1, 0.15) is 57.8 Å². The molecule has 0 unspecified atom stereocenters. The number of ketones is 1. The summed E-state index contributed by atoms with van der Waals surface area (Å²) in [5.41, 5.74) is 5.50. The van der Waals surface area contributed by atoms with Crippen molar-refractivity contribution in [1.29, 1.82) is 0 Å². The first kappa shape index (κ1) is 20.4. The van der Waals surface area contributed by atoms with Crippen molar-refractivity contribution in [2.45, 2.75) is 75.8 Å². The SMILES string of the molecule is NCCNC1CCC(CC(=O)C[C@H]2CC[C@H](CC(=O)O)OB2O)CC1. The van der Waals surface area contributed by atoms with Crippen molar-refractivity contribution in [2.75, 3.05) is 13.1 Å². The summed E-state index contributed by atoms with van der Waals surface area (Å²) < 4.78 is 5.36. The van der Waals surface area contributed by atoms with Gasteiger partial charge in [-0.1, -0.05) is 0 Å². The van der Waals surface area contributed by atoms with E-state index in [9.17, 15) is 14.6 Å². The lowest BCUT2D eigenvalue weighted by atomic mass is 9.64. The zero-order chi connectivity index (χ0) is 18.2. The Morgan fingerprint density at radius 2 is 1.80 bits per heavy atom. The van der Waals surface area contributed by atoms with E-state index >= 15 is 0 Å². The molecule has 0 bridgehead atoms. The lowest BCUT2D eigenvalue weighted by molar-refractivity contribution is -0.139. The zero-order valence-corrected chi connectivity index (χ0v) is 14.9. The molecule has 0 radical (unpaired) electrons. The molecule has 0 aromatic heterocycles. The average molecular weight is 354 g/mol. The molecule has 0 spiro atoms. The highest BCUT2D eigenvalue weighted by Gasteiger charge is 2.37. The van der Waals surface area contributed by atoms with Crippen LogP contribution in [0.4, 0.5) is 0 Å². The normalized spacial score (nSPS) is 30.2. The van der Waals surface area contributed by atoms with E-state index in [0.717, 1.165) is 32.2 Å². The van der Waals surface area contributed by atoms with Gasteiger partial charge in [0.25, 0.3) is 0 Å². The number of hydrogen-bond acceptors (Lipinski definition) is 6. The fourth-order valence-corrected chi connectivity index (χ4v) is 4.02. The largest absolute Gasteiger partial charge is 0.481 e. The van der Waals surface area contributed by atoms with Crippen LogP contribution in [-0.4, -0.2) is 54.2 Å². The fraction of sp³-hybridized carbons (Fsp3) is 0.882. The topological polar surface area (TPSA) is 122 Å². The second-order valence-corrected chi connectivity index (χ2v) is 7.49. The number of hydrogen-bond donors (Lipinski definition) is 4. The Labute approximate surface area is 149 Å². The lowest BCUT2D eigenvalue weighted by Crippen LogP contribution is -2.38. The Morgan fingerprint density at radius 3 is 2.40 bits per heavy atom. The van der Waals surface area contributed by atoms with E-state index in [2.05, 4.69) is 5.32 Å². The number of carboxylic acid groups (broad SMARTS) is 1. The summed E-state index contributed by atoms with van der Waals surface area (Å²) in [6.45, 7) is 1.49. The molecule has 8 heteroatoms. The maximum absolute atomic E-state index is 12.3. The Morgan fingerprint density at radius 1 is 1.08 bits per heavy atom. The molecule has 1 aliphatic heterocycles. The molecular formula is C17H31BN2O5. The van der Waals surface area contributed by atoms with Crippen LogP contribution in [0.3, 0.4) is 0 Å². The first-order chi connectivity index (χ1) is 12.0. The van der Waals surface area contributed by atoms with Crippen molar-refractivity contribution >= 4 is 18.9 Å². The van der Waals surface area contributed by atoms with Crippen molar-refractivity contribution in [3.63, 3.8) is 0 Å². The van der Waals surface area contributed by atoms with E-state index in [0.29, 0.717) is 44.2 Å². The van der Waals surface area contributed by atoms with Gasteiger partial charge in [-0.05, 0) is 44.4 Å². The van der Waals surface area contributed by atoms with Crippen LogP contribution >= 0.6 is 0 Å². The lowest BCUT2D eigenvalue weighted by Gasteiger charge is -2.31. The molecular weight excluding hydrogens is 323 g/mol. The number of carbonyl (C=O) groups excluding carboxylic acids is 1. The van der Waals surface area contributed by atoms with Crippen LogP contribution in [0.25, 0.3) is 0 Å². The number of nitrogens with one attached hydrogen (secondary N) is 1. The highest BCUT2D eigenvalue weighted by molar-refractivity contribution is 6.45. The molecule has 0 amide bonds. The van der Waals surface area contributed by atoms with Gasteiger partial charge in [-0.15, -0.1) is 0 Å². The second-order valence-electron chi connectivity index (χ2n) is 7.49. The van der Waals surface area contributed by atoms with Gasteiger partial charge in [0.2, 0.25) is 0 Å². The first-order valence-electron chi connectivity index (χ1n) is 9.48. The number of nitrogens with two attached hydrogens (primary N) is 1. The summed E-state index contributed by atoms with van der Waals surface area (Å²) in [5.74, 6) is -0.518. The molecule has 7 nitrogen and oxygen atoms in total. The number of rotatable bonds is 9. The number of Topliss-reactive ketones (excluding diaryl/α,β-unsaturated/α-hetero) is 1. The third kappa shape index (κ3) is 7.05. The minimum Gasteiger partial charge on any atom is -0.481 e. The molecule has 2 rings (SSSR count). The van der Waals surface area contributed by atoms with Crippen LogP contribution in [-0.2, 0) is 14.2 Å². The quantitative estimate of drug-likeness (QED) is 0.455. The molecule has 0 aromatic rings.